The van der Waals surface area contributed by atoms with Crippen LogP contribution in [0.5, 0.6) is 11.5 Å². The third-order valence-corrected chi connectivity index (χ3v) is 4.66. The van der Waals surface area contributed by atoms with Gasteiger partial charge in [0.25, 0.3) is 5.56 Å². The Labute approximate surface area is 165 Å². The lowest BCUT2D eigenvalue weighted by Gasteiger charge is -2.27. The first kappa shape index (κ1) is 19.8. The van der Waals surface area contributed by atoms with Crippen molar-refractivity contribution in [3.05, 3.63) is 58.5 Å². The van der Waals surface area contributed by atoms with Crippen molar-refractivity contribution in [3.63, 3.8) is 0 Å². The molecular formula is C21H28N4O3. The quantitative estimate of drug-likeness (QED) is 0.433. The van der Waals surface area contributed by atoms with Gasteiger partial charge in [0.15, 0.2) is 17.5 Å². The fourth-order valence-electron chi connectivity index (χ4n) is 3.11. The number of nitrogens with one attached hydrogen (secondary N) is 2. The van der Waals surface area contributed by atoms with Crippen molar-refractivity contribution in [1.82, 2.24) is 15.2 Å². The molecule has 2 heterocycles. The number of pyridine rings is 1. The van der Waals surface area contributed by atoms with Crippen molar-refractivity contribution in [2.75, 3.05) is 26.7 Å². The van der Waals surface area contributed by atoms with Crippen LogP contribution in [0.2, 0.25) is 0 Å². The molecule has 0 bridgehead atoms. The molecule has 0 saturated carbocycles. The van der Waals surface area contributed by atoms with Crippen molar-refractivity contribution < 1.29 is 9.47 Å². The van der Waals surface area contributed by atoms with E-state index in [1.54, 1.807) is 19.2 Å². The fourth-order valence-corrected chi connectivity index (χ4v) is 3.11. The highest BCUT2D eigenvalue weighted by Crippen LogP contribution is 2.30. The first-order chi connectivity index (χ1) is 13.7. The molecule has 1 aliphatic rings. The monoisotopic (exact) mass is 384 g/mol. The van der Waals surface area contributed by atoms with Crippen molar-refractivity contribution in [2.24, 2.45) is 4.99 Å². The lowest BCUT2D eigenvalue weighted by atomic mass is 10.2. The number of aryl methyl sites for hydroxylation is 1. The van der Waals surface area contributed by atoms with E-state index in [2.05, 4.69) is 15.6 Å². The number of aliphatic imine (C=N–C) groups is 1. The van der Waals surface area contributed by atoms with Gasteiger partial charge in [-0.1, -0.05) is 18.2 Å². The maximum atomic E-state index is 11.9. The molecule has 1 atom stereocenters. The van der Waals surface area contributed by atoms with Gasteiger partial charge in [0.1, 0.15) is 12.7 Å². The minimum atomic E-state index is -0.0682. The number of aromatic nitrogens is 1. The summed E-state index contributed by atoms with van der Waals surface area (Å²) < 4.78 is 13.5. The summed E-state index contributed by atoms with van der Waals surface area (Å²) in [5, 5.41) is 6.57. The van der Waals surface area contributed by atoms with Gasteiger partial charge in [-0.2, -0.15) is 0 Å². The van der Waals surface area contributed by atoms with E-state index in [1.807, 2.05) is 41.8 Å². The van der Waals surface area contributed by atoms with Crippen molar-refractivity contribution in [2.45, 2.75) is 32.4 Å². The van der Waals surface area contributed by atoms with Crippen LogP contribution in [0, 0.1) is 6.92 Å². The van der Waals surface area contributed by atoms with E-state index in [4.69, 9.17) is 9.47 Å². The predicted octanol–water partition coefficient (Wildman–Crippen LogP) is 1.94. The van der Waals surface area contributed by atoms with E-state index in [0.29, 0.717) is 13.2 Å². The van der Waals surface area contributed by atoms with E-state index in [-0.39, 0.29) is 11.7 Å². The Morgan fingerprint density at radius 1 is 1.14 bits per heavy atom. The van der Waals surface area contributed by atoms with Crippen molar-refractivity contribution in [3.8, 4) is 11.5 Å². The van der Waals surface area contributed by atoms with E-state index in [9.17, 15) is 4.79 Å². The number of hydrogen-bond donors (Lipinski definition) is 2. The van der Waals surface area contributed by atoms with Gasteiger partial charge in [-0.15, -0.1) is 0 Å². The van der Waals surface area contributed by atoms with Crippen molar-refractivity contribution in [1.29, 1.82) is 0 Å². The third-order valence-electron chi connectivity index (χ3n) is 4.66. The maximum Gasteiger partial charge on any atom is 0.250 e. The molecule has 1 aliphatic heterocycles. The van der Waals surface area contributed by atoms with Crippen molar-refractivity contribution >= 4 is 5.96 Å². The lowest BCUT2D eigenvalue weighted by Crippen LogP contribution is -2.45. The largest absolute Gasteiger partial charge is 0.486 e. The van der Waals surface area contributed by atoms with Gasteiger partial charge in [-0.3, -0.25) is 9.79 Å². The molecule has 28 heavy (non-hydrogen) atoms. The summed E-state index contributed by atoms with van der Waals surface area (Å²) in [5.41, 5.74) is 1.05. The average Bonchev–Trinajstić information content (AvgIpc) is 2.71. The molecule has 1 aromatic heterocycles. The van der Waals surface area contributed by atoms with Crippen LogP contribution in [-0.4, -0.2) is 43.4 Å². The molecule has 2 aromatic rings. The SMILES string of the molecule is CN=C(NCCCCn1c(C)cccc1=O)NCC1COc2ccccc2O1. The second-order valence-corrected chi connectivity index (χ2v) is 6.74. The number of nitrogens with zero attached hydrogens (tertiary/aromatic N) is 2. The molecule has 7 heteroatoms. The van der Waals surface area contributed by atoms with Crippen LogP contribution in [-0.2, 0) is 6.54 Å². The highest BCUT2D eigenvalue weighted by atomic mass is 16.6. The number of ether oxygens (including phenoxy) is 2. The number of benzene rings is 1. The molecule has 150 valence electrons. The van der Waals surface area contributed by atoms with Gasteiger partial charge in [0.05, 0.1) is 6.54 Å². The van der Waals surface area contributed by atoms with E-state index in [1.165, 1.54) is 0 Å². The molecule has 7 nitrogen and oxygen atoms in total. The second-order valence-electron chi connectivity index (χ2n) is 6.74. The number of para-hydroxylation sites is 2. The Bertz CT molecular complexity index is 863. The summed E-state index contributed by atoms with van der Waals surface area (Å²) in [7, 11) is 1.75. The van der Waals surface area contributed by atoms with Crippen LogP contribution < -0.4 is 25.7 Å². The summed E-state index contributed by atoms with van der Waals surface area (Å²) in [6.07, 6.45) is 1.80. The van der Waals surface area contributed by atoms with Gasteiger partial charge >= 0.3 is 0 Å². The van der Waals surface area contributed by atoms with E-state index < -0.39 is 0 Å². The smallest absolute Gasteiger partial charge is 0.250 e. The molecule has 0 spiro atoms. The molecule has 0 aliphatic carbocycles. The van der Waals surface area contributed by atoms with Crippen LogP contribution in [0.1, 0.15) is 18.5 Å². The first-order valence-corrected chi connectivity index (χ1v) is 9.67. The second kappa shape index (κ2) is 9.82. The molecule has 0 fully saturated rings. The molecule has 1 unspecified atom stereocenters. The minimum Gasteiger partial charge on any atom is -0.486 e. The molecular weight excluding hydrogens is 356 g/mol. The molecule has 2 N–H and O–H groups in total. The van der Waals surface area contributed by atoms with Crippen LogP contribution in [0.15, 0.2) is 52.3 Å². The van der Waals surface area contributed by atoms with Crippen LogP contribution in [0.25, 0.3) is 0 Å². The van der Waals surface area contributed by atoms with Crippen LogP contribution >= 0.6 is 0 Å². The zero-order valence-corrected chi connectivity index (χ0v) is 16.5. The van der Waals surface area contributed by atoms with Gasteiger partial charge in [0.2, 0.25) is 0 Å². The molecule has 0 amide bonds. The Hall–Kier alpha value is -2.96. The van der Waals surface area contributed by atoms with Gasteiger partial charge in [-0.25, -0.2) is 0 Å². The van der Waals surface area contributed by atoms with E-state index >= 15 is 0 Å². The zero-order chi connectivity index (χ0) is 19.8. The average molecular weight is 384 g/mol. The molecule has 0 saturated heterocycles. The third kappa shape index (κ3) is 5.28. The summed E-state index contributed by atoms with van der Waals surface area (Å²) in [6, 6.07) is 13.0. The normalized spacial score (nSPS) is 15.9. The zero-order valence-electron chi connectivity index (χ0n) is 16.5. The standard InChI is InChI=1S/C21H28N4O3/c1-16-8-7-11-20(26)25(16)13-6-5-12-23-21(22-2)24-14-17-15-27-18-9-3-4-10-19(18)28-17/h3-4,7-11,17H,5-6,12-15H2,1-2H3,(H2,22,23,24). The highest BCUT2D eigenvalue weighted by Gasteiger charge is 2.20. The number of hydrogen-bond acceptors (Lipinski definition) is 4. The Kier molecular flexibility index (Phi) is 6.94. The van der Waals surface area contributed by atoms with Crippen LogP contribution in [0.3, 0.4) is 0 Å². The van der Waals surface area contributed by atoms with Gasteiger partial charge < -0.3 is 24.7 Å². The lowest BCUT2D eigenvalue weighted by molar-refractivity contribution is 0.0936. The van der Waals surface area contributed by atoms with Crippen LogP contribution in [0.4, 0.5) is 0 Å². The number of guanidine groups is 1. The molecule has 0 radical (unpaired) electrons. The van der Waals surface area contributed by atoms with Gasteiger partial charge in [0, 0.05) is 31.9 Å². The first-order valence-electron chi connectivity index (χ1n) is 9.67. The minimum absolute atomic E-state index is 0.0571. The number of unbranched alkanes of at least 4 members (excludes halogenated alkanes) is 1. The molecule has 1 aromatic carbocycles. The summed E-state index contributed by atoms with van der Waals surface area (Å²) in [6.45, 7) is 4.58. The van der Waals surface area contributed by atoms with E-state index in [0.717, 1.165) is 49.1 Å². The highest BCUT2D eigenvalue weighted by molar-refractivity contribution is 5.79. The summed E-state index contributed by atoms with van der Waals surface area (Å²) >= 11 is 0. The number of fused-ring (bicyclic) bond motifs is 1. The summed E-state index contributed by atoms with van der Waals surface area (Å²) in [5.74, 6) is 2.29. The maximum absolute atomic E-state index is 11.9. The molecule has 3 rings (SSSR count). The topological polar surface area (TPSA) is 76.9 Å². The predicted molar refractivity (Wildman–Crippen MR) is 110 cm³/mol. The fraction of sp³-hybridized carbons (Fsp3) is 0.429. The summed E-state index contributed by atoms with van der Waals surface area (Å²) in [4.78, 5) is 16.1. The number of rotatable bonds is 7. The Balaban J connectivity index is 1.36. The Morgan fingerprint density at radius 3 is 2.75 bits per heavy atom. The Morgan fingerprint density at radius 2 is 1.96 bits per heavy atom. The van der Waals surface area contributed by atoms with Gasteiger partial charge in [-0.05, 0) is 38.0 Å².